The first-order valence-corrected chi connectivity index (χ1v) is 16.5. The Labute approximate surface area is 234 Å². The molecule has 4 N–H and O–H groups in total. The number of nitrogens with zero attached hydrogens (tertiary/aromatic N) is 3. The molecule has 0 aromatic rings. The van der Waals surface area contributed by atoms with Crippen molar-refractivity contribution in [2.75, 3.05) is 61.5 Å². The monoisotopic (exact) mass is 568 g/mol. The Kier molecular flexibility index (Phi) is 25.0. The molecule has 0 saturated carbocycles. The van der Waals surface area contributed by atoms with Crippen LogP contribution in [0.3, 0.4) is 0 Å². The second-order valence-corrected chi connectivity index (χ2v) is 13.5. The number of quaternary nitrogens is 1. The Bertz CT molecular complexity index is 596. The summed E-state index contributed by atoms with van der Waals surface area (Å²) in [4.78, 5) is 32.3. The first-order valence-electron chi connectivity index (χ1n) is 14.9. The number of urea groups is 1. The number of carbonyl (C=O) groups excluding carboxylic acids is 1. The number of aliphatic hydroxyl groups excluding tert-OH is 2. The van der Waals surface area contributed by atoms with Gasteiger partial charge in [-0.05, 0) is 6.42 Å². The van der Waals surface area contributed by atoms with Crippen molar-refractivity contribution in [3.05, 3.63) is 0 Å². The number of hydrogen-bond donors (Lipinski definition) is 4. The quantitative estimate of drug-likeness (QED) is 0.0787. The molecule has 1 atom stereocenters. The zero-order chi connectivity index (χ0) is 29.5. The van der Waals surface area contributed by atoms with Gasteiger partial charge in [0.05, 0.1) is 27.7 Å². The number of hydrogen-bond acceptors (Lipinski definition) is 4. The number of likely N-dealkylation sites (N-methyl/N-ethyl adjacent to an activating group) is 1. The molecular formula is C28H63N3O6P+. The third-order valence-corrected chi connectivity index (χ3v) is 7.34. The lowest BCUT2D eigenvalue weighted by Gasteiger charge is -2.26. The molecule has 0 rings (SSSR count). The van der Waals surface area contributed by atoms with Crippen molar-refractivity contribution in [1.29, 1.82) is 0 Å². The average molecular weight is 569 g/mol. The lowest BCUT2D eigenvalue weighted by Crippen LogP contribution is -2.41. The Morgan fingerprint density at radius 2 is 1.11 bits per heavy atom. The predicted molar refractivity (Wildman–Crippen MR) is 158 cm³/mol. The van der Waals surface area contributed by atoms with Crippen LogP contribution in [0, 0.1) is 0 Å². The SMILES string of the molecule is CCCCCCCCCCCCCCCCCCN(CCO)C(=O)N(C)C.C[N+](C)(C)CC(O)P(=O)(O)O. The molecule has 9 nitrogen and oxygen atoms in total. The lowest BCUT2D eigenvalue weighted by atomic mass is 10.0. The van der Waals surface area contributed by atoms with Crippen molar-refractivity contribution < 1.29 is 33.8 Å². The molecule has 0 aliphatic carbocycles. The Morgan fingerprint density at radius 1 is 0.737 bits per heavy atom. The Morgan fingerprint density at radius 3 is 1.37 bits per heavy atom. The van der Waals surface area contributed by atoms with E-state index < -0.39 is 13.4 Å². The van der Waals surface area contributed by atoms with Gasteiger partial charge < -0.3 is 34.3 Å². The van der Waals surface area contributed by atoms with Crippen LogP contribution in [0.25, 0.3) is 0 Å². The molecule has 38 heavy (non-hydrogen) atoms. The zero-order valence-corrected chi connectivity index (χ0v) is 26.5. The minimum absolute atomic E-state index is 0.00464. The maximum Gasteiger partial charge on any atom is 0.359 e. The van der Waals surface area contributed by atoms with Gasteiger partial charge in [0.25, 0.3) is 0 Å². The summed E-state index contributed by atoms with van der Waals surface area (Å²) < 4.78 is 10.8. The highest BCUT2D eigenvalue weighted by Crippen LogP contribution is 2.39. The van der Waals surface area contributed by atoms with E-state index in [0.717, 1.165) is 13.0 Å². The summed E-state index contributed by atoms with van der Waals surface area (Å²) in [6, 6.07) is 0.00464. The summed E-state index contributed by atoms with van der Waals surface area (Å²) in [5, 5.41) is 18.0. The second-order valence-electron chi connectivity index (χ2n) is 11.7. The van der Waals surface area contributed by atoms with Crippen molar-refractivity contribution in [3.8, 4) is 0 Å². The topological polar surface area (TPSA) is 122 Å². The van der Waals surface area contributed by atoms with Gasteiger partial charge in [-0.3, -0.25) is 4.57 Å². The normalized spacial score (nSPS) is 12.6. The van der Waals surface area contributed by atoms with E-state index in [1.54, 1.807) is 45.0 Å². The summed E-state index contributed by atoms with van der Waals surface area (Å²) in [5.74, 6) is -1.55. The van der Waals surface area contributed by atoms with Crippen molar-refractivity contribution in [2.45, 2.75) is 116 Å². The average Bonchev–Trinajstić information content (AvgIpc) is 2.81. The van der Waals surface area contributed by atoms with Crippen LogP contribution in [-0.2, 0) is 4.57 Å². The van der Waals surface area contributed by atoms with Crippen LogP contribution in [0.1, 0.15) is 110 Å². The molecule has 0 aromatic heterocycles. The predicted octanol–water partition coefficient (Wildman–Crippen LogP) is 5.41. The first-order chi connectivity index (χ1) is 17.8. The molecular weight excluding hydrogens is 505 g/mol. The second kappa shape index (κ2) is 24.1. The van der Waals surface area contributed by atoms with E-state index in [1.165, 1.54) is 96.3 Å². The third-order valence-electron chi connectivity index (χ3n) is 6.40. The highest BCUT2D eigenvalue weighted by Gasteiger charge is 2.31. The number of unbranched alkanes of at least 4 members (excludes halogenated alkanes) is 15. The molecule has 0 heterocycles. The summed E-state index contributed by atoms with van der Waals surface area (Å²) >= 11 is 0. The van der Waals surface area contributed by atoms with Crippen molar-refractivity contribution >= 4 is 13.6 Å². The number of amides is 2. The van der Waals surface area contributed by atoms with Gasteiger partial charge in [0.15, 0.2) is 0 Å². The van der Waals surface area contributed by atoms with Gasteiger partial charge in [0.1, 0.15) is 6.54 Å². The van der Waals surface area contributed by atoms with Crippen LogP contribution < -0.4 is 0 Å². The van der Waals surface area contributed by atoms with E-state index in [9.17, 15) is 9.36 Å². The highest BCUT2D eigenvalue weighted by atomic mass is 31.2. The molecule has 0 fully saturated rings. The van der Waals surface area contributed by atoms with E-state index >= 15 is 0 Å². The first kappa shape index (κ1) is 39.4. The van der Waals surface area contributed by atoms with E-state index in [-0.39, 0.29) is 19.2 Å². The minimum Gasteiger partial charge on any atom is -0.395 e. The summed E-state index contributed by atoms with van der Waals surface area (Å²) in [6.07, 6.45) is 21.7. The molecule has 0 aliphatic rings. The van der Waals surface area contributed by atoms with Gasteiger partial charge in [0, 0.05) is 27.2 Å². The van der Waals surface area contributed by atoms with Crippen LogP contribution in [0.2, 0.25) is 0 Å². The van der Waals surface area contributed by atoms with Gasteiger partial charge >= 0.3 is 13.6 Å². The van der Waals surface area contributed by atoms with Crippen LogP contribution in [0.5, 0.6) is 0 Å². The fraction of sp³-hybridized carbons (Fsp3) is 0.964. The van der Waals surface area contributed by atoms with Gasteiger partial charge in [-0.2, -0.15) is 0 Å². The molecule has 0 bridgehead atoms. The summed E-state index contributed by atoms with van der Waals surface area (Å²) in [6.45, 7) is 3.57. The minimum atomic E-state index is -4.31. The highest BCUT2D eigenvalue weighted by molar-refractivity contribution is 7.52. The molecule has 0 radical (unpaired) electrons. The standard InChI is InChI=1S/C23H48N2O2.C5H14NO4P/c1-4-5-6-7-8-9-10-11-12-13-14-15-16-17-18-19-20-25(21-22-26)23(27)24(2)3;1-6(2,3)4-5(7)11(8,9)10/h26H,4-22H2,1-3H3;5,7H,4H2,1-3H3,(H-,8,9,10)/p+1. The van der Waals surface area contributed by atoms with E-state index in [2.05, 4.69) is 6.92 Å². The molecule has 230 valence electrons. The largest absolute Gasteiger partial charge is 0.395 e. The molecule has 0 aliphatic heterocycles. The van der Waals surface area contributed by atoms with Gasteiger partial charge in [-0.15, -0.1) is 0 Å². The molecule has 10 heteroatoms. The maximum absolute atomic E-state index is 12.0. The van der Waals surface area contributed by atoms with Gasteiger partial charge in [-0.25, -0.2) is 4.79 Å². The summed E-state index contributed by atoms with van der Waals surface area (Å²) in [7, 11) is 4.46. The third kappa shape index (κ3) is 26.9. The van der Waals surface area contributed by atoms with Crippen molar-refractivity contribution in [3.63, 3.8) is 0 Å². The lowest BCUT2D eigenvalue weighted by molar-refractivity contribution is -0.872. The van der Waals surface area contributed by atoms with E-state index in [1.807, 2.05) is 0 Å². The Balaban J connectivity index is 0. The molecule has 2 amide bonds. The maximum atomic E-state index is 12.0. The number of aliphatic hydroxyl groups is 2. The molecule has 0 saturated heterocycles. The smallest absolute Gasteiger partial charge is 0.359 e. The molecule has 1 unspecified atom stereocenters. The number of carbonyl (C=O) groups is 1. The van der Waals surface area contributed by atoms with E-state index in [0.29, 0.717) is 11.0 Å². The van der Waals surface area contributed by atoms with Crippen molar-refractivity contribution in [2.24, 2.45) is 0 Å². The fourth-order valence-electron chi connectivity index (χ4n) is 4.15. The van der Waals surface area contributed by atoms with Gasteiger partial charge in [0.2, 0.25) is 5.85 Å². The zero-order valence-electron chi connectivity index (χ0n) is 25.6. The van der Waals surface area contributed by atoms with E-state index in [4.69, 9.17) is 20.0 Å². The Hall–Kier alpha value is -0.700. The van der Waals surface area contributed by atoms with Crippen LogP contribution in [0.4, 0.5) is 4.79 Å². The van der Waals surface area contributed by atoms with Crippen LogP contribution >= 0.6 is 7.60 Å². The molecule has 0 aromatic carbocycles. The fourth-order valence-corrected chi connectivity index (χ4v) is 4.86. The summed E-state index contributed by atoms with van der Waals surface area (Å²) in [5.41, 5.74) is 0. The van der Waals surface area contributed by atoms with Crippen LogP contribution in [0.15, 0.2) is 0 Å². The van der Waals surface area contributed by atoms with Gasteiger partial charge in [-0.1, -0.05) is 103 Å². The van der Waals surface area contributed by atoms with Crippen molar-refractivity contribution in [1.82, 2.24) is 9.80 Å². The molecule has 0 spiro atoms. The van der Waals surface area contributed by atoms with Crippen LogP contribution in [-0.4, -0.2) is 108 Å². The number of rotatable bonds is 22.